The molecule has 4 rings (SSSR count). The number of rotatable bonds is 9. The quantitative estimate of drug-likeness (QED) is 0.249. The fourth-order valence-corrected chi connectivity index (χ4v) is 3.08. The predicted molar refractivity (Wildman–Crippen MR) is 123 cm³/mol. The molecule has 0 saturated heterocycles. The summed E-state index contributed by atoms with van der Waals surface area (Å²) in [4.78, 5) is 9.94. The van der Waals surface area contributed by atoms with Gasteiger partial charge in [-0.15, -0.1) is 0 Å². The van der Waals surface area contributed by atoms with Crippen LogP contribution in [0.25, 0.3) is 11.5 Å². The summed E-state index contributed by atoms with van der Waals surface area (Å²) in [5.74, 6) is 2.58. The van der Waals surface area contributed by atoms with Gasteiger partial charge in [-0.2, -0.15) is 0 Å². The second-order valence-corrected chi connectivity index (χ2v) is 7.08. The Labute approximate surface area is 187 Å². The number of benzene rings is 3. The standard InChI is InChI=1S/C26H24N2O4/c1-19-23(28-26(32-19)22-11-7-4-8-12-22)18-31-27-16-21-13-14-24(25(15-21)29-2)30-17-20-9-5-3-6-10-20/h3-16H,17-18H2,1-2H3/b27-16+. The summed E-state index contributed by atoms with van der Waals surface area (Å²) in [6.07, 6.45) is 1.62. The van der Waals surface area contributed by atoms with Crippen LogP contribution in [0.4, 0.5) is 0 Å². The van der Waals surface area contributed by atoms with Crippen LogP contribution in [0.5, 0.6) is 11.5 Å². The van der Waals surface area contributed by atoms with E-state index in [4.69, 9.17) is 18.7 Å². The molecule has 0 bridgehead atoms. The number of hydrogen-bond donors (Lipinski definition) is 0. The van der Waals surface area contributed by atoms with Gasteiger partial charge in [0.25, 0.3) is 0 Å². The molecular weight excluding hydrogens is 404 g/mol. The van der Waals surface area contributed by atoms with Gasteiger partial charge in [-0.3, -0.25) is 0 Å². The zero-order valence-electron chi connectivity index (χ0n) is 18.0. The van der Waals surface area contributed by atoms with Crippen molar-refractivity contribution in [3.63, 3.8) is 0 Å². The first kappa shape index (κ1) is 21.2. The van der Waals surface area contributed by atoms with Crippen molar-refractivity contribution in [3.8, 4) is 23.0 Å². The third kappa shape index (κ3) is 5.35. The van der Waals surface area contributed by atoms with E-state index in [9.17, 15) is 0 Å². The molecule has 4 aromatic rings. The minimum Gasteiger partial charge on any atom is -0.493 e. The Kier molecular flexibility index (Phi) is 6.82. The van der Waals surface area contributed by atoms with Gasteiger partial charge in [-0.25, -0.2) is 4.98 Å². The van der Waals surface area contributed by atoms with Crippen molar-refractivity contribution in [1.82, 2.24) is 4.98 Å². The SMILES string of the molecule is COc1cc(/C=N/OCc2nc(-c3ccccc3)oc2C)ccc1OCc1ccccc1. The largest absolute Gasteiger partial charge is 0.493 e. The average Bonchev–Trinajstić information content (AvgIpc) is 3.22. The Bertz CT molecular complexity index is 1170. The lowest BCUT2D eigenvalue weighted by atomic mass is 10.2. The van der Waals surface area contributed by atoms with Gasteiger partial charge in [0.15, 0.2) is 18.1 Å². The predicted octanol–water partition coefficient (Wildman–Crippen LogP) is 5.79. The van der Waals surface area contributed by atoms with Gasteiger partial charge in [0.05, 0.1) is 13.3 Å². The van der Waals surface area contributed by atoms with Crippen LogP contribution in [0.1, 0.15) is 22.6 Å². The van der Waals surface area contributed by atoms with Gasteiger partial charge >= 0.3 is 0 Å². The lowest BCUT2D eigenvalue weighted by molar-refractivity contribution is 0.128. The fraction of sp³-hybridized carbons (Fsp3) is 0.154. The minimum absolute atomic E-state index is 0.216. The van der Waals surface area contributed by atoms with Crippen LogP contribution in [0.2, 0.25) is 0 Å². The van der Waals surface area contributed by atoms with Gasteiger partial charge in [0.1, 0.15) is 18.1 Å². The molecule has 0 fully saturated rings. The zero-order chi connectivity index (χ0) is 22.2. The normalized spacial score (nSPS) is 10.9. The Morgan fingerprint density at radius 2 is 1.66 bits per heavy atom. The van der Waals surface area contributed by atoms with Crippen molar-refractivity contribution in [2.75, 3.05) is 7.11 Å². The van der Waals surface area contributed by atoms with Crippen molar-refractivity contribution in [3.05, 3.63) is 101 Å². The van der Waals surface area contributed by atoms with Crippen LogP contribution in [-0.2, 0) is 18.1 Å². The Hall–Kier alpha value is -4.06. The lowest BCUT2D eigenvalue weighted by Crippen LogP contribution is -1.98. The van der Waals surface area contributed by atoms with Crippen molar-refractivity contribution >= 4 is 6.21 Å². The number of methoxy groups -OCH3 is 1. The summed E-state index contributed by atoms with van der Waals surface area (Å²) in [5, 5.41) is 4.06. The van der Waals surface area contributed by atoms with Crippen LogP contribution < -0.4 is 9.47 Å². The Morgan fingerprint density at radius 3 is 2.41 bits per heavy atom. The Balaban J connectivity index is 1.35. The molecule has 6 heteroatoms. The van der Waals surface area contributed by atoms with Crippen LogP contribution in [-0.4, -0.2) is 18.3 Å². The third-order valence-corrected chi connectivity index (χ3v) is 4.82. The number of ether oxygens (including phenoxy) is 2. The van der Waals surface area contributed by atoms with Crippen LogP contribution >= 0.6 is 0 Å². The third-order valence-electron chi connectivity index (χ3n) is 4.82. The molecule has 0 unspecified atom stereocenters. The highest BCUT2D eigenvalue weighted by Gasteiger charge is 2.11. The lowest BCUT2D eigenvalue weighted by Gasteiger charge is -2.11. The van der Waals surface area contributed by atoms with Crippen molar-refractivity contribution in [2.24, 2.45) is 5.16 Å². The first-order chi connectivity index (χ1) is 15.7. The molecule has 0 atom stereocenters. The second kappa shape index (κ2) is 10.3. The molecule has 0 saturated carbocycles. The van der Waals surface area contributed by atoms with Gasteiger partial charge in [-0.05, 0) is 42.8 Å². The van der Waals surface area contributed by atoms with E-state index < -0.39 is 0 Å². The molecule has 3 aromatic carbocycles. The average molecular weight is 428 g/mol. The zero-order valence-corrected chi connectivity index (χ0v) is 18.0. The maximum atomic E-state index is 5.89. The molecule has 32 heavy (non-hydrogen) atoms. The topological polar surface area (TPSA) is 66.1 Å². The van der Waals surface area contributed by atoms with E-state index in [1.54, 1.807) is 13.3 Å². The van der Waals surface area contributed by atoms with E-state index in [-0.39, 0.29) is 6.61 Å². The van der Waals surface area contributed by atoms with Gasteiger partial charge in [0, 0.05) is 11.1 Å². The molecule has 162 valence electrons. The number of nitrogens with zero attached hydrogens (tertiary/aromatic N) is 2. The highest BCUT2D eigenvalue weighted by Crippen LogP contribution is 2.28. The van der Waals surface area contributed by atoms with E-state index in [1.807, 2.05) is 85.8 Å². The molecule has 0 spiro atoms. The molecule has 0 aliphatic rings. The van der Waals surface area contributed by atoms with Crippen molar-refractivity contribution in [2.45, 2.75) is 20.1 Å². The minimum atomic E-state index is 0.216. The molecule has 6 nitrogen and oxygen atoms in total. The number of hydrogen-bond acceptors (Lipinski definition) is 6. The number of oxazole rings is 1. The van der Waals surface area contributed by atoms with Crippen LogP contribution in [0.15, 0.2) is 88.4 Å². The number of aromatic nitrogens is 1. The fourth-order valence-electron chi connectivity index (χ4n) is 3.08. The first-order valence-electron chi connectivity index (χ1n) is 10.2. The van der Waals surface area contributed by atoms with Crippen LogP contribution in [0, 0.1) is 6.92 Å². The van der Waals surface area contributed by atoms with Gasteiger partial charge < -0.3 is 18.7 Å². The monoisotopic (exact) mass is 428 g/mol. The molecule has 1 aromatic heterocycles. The van der Waals surface area contributed by atoms with Gasteiger partial charge in [-0.1, -0.05) is 53.7 Å². The highest BCUT2D eigenvalue weighted by molar-refractivity contribution is 5.80. The summed E-state index contributed by atoms with van der Waals surface area (Å²) in [5.41, 5.74) is 3.55. The van der Waals surface area contributed by atoms with E-state index in [1.165, 1.54) is 0 Å². The molecule has 0 amide bonds. The molecule has 1 heterocycles. The van der Waals surface area contributed by atoms with E-state index >= 15 is 0 Å². The summed E-state index contributed by atoms with van der Waals surface area (Å²) < 4.78 is 17.1. The maximum Gasteiger partial charge on any atom is 0.226 e. The van der Waals surface area contributed by atoms with Crippen LogP contribution in [0.3, 0.4) is 0 Å². The van der Waals surface area contributed by atoms with E-state index in [2.05, 4.69) is 10.1 Å². The van der Waals surface area contributed by atoms with Crippen molar-refractivity contribution in [1.29, 1.82) is 0 Å². The first-order valence-corrected chi connectivity index (χ1v) is 10.2. The summed E-state index contributed by atoms with van der Waals surface area (Å²) in [7, 11) is 1.61. The van der Waals surface area contributed by atoms with Crippen molar-refractivity contribution < 1.29 is 18.7 Å². The molecule has 0 aliphatic heterocycles. The Morgan fingerprint density at radius 1 is 0.906 bits per heavy atom. The summed E-state index contributed by atoms with van der Waals surface area (Å²) in [6.45, 7) is 2.55. The molecule has 0 radical (unpaired) electrons. The smallest absolute Gasteiger partial charge is 0.226 e. The molecule has 0 aliphatic carbocycles. The van der Waals surface area contributed by atoms with Gasteiger partial charge in [0.2, 0.25) is 5.89 Å². The second-order valence-electron chi connectivity index (χ2n) is 7.08. The maximum absolute atomic E-state index is 5.89. The van der Waals surface area contributed by atoms with E-state index in [0.717, 1.165) is 16.7 Å². The van der Waals surface area contributed by atoms with E-state index in [0.29, 0.717) is 35.5 Å². The molecule has 0 N–H and O–H groups in total. The highest BCUT2D eigenvalue weighted by atomic mass is 16.6. The summed E-state index contributed by atoms with van der Waals surface area (Å²) >= 11 is 0. The molecular formula is C26H24N2O4. The number of aryl methyl sites for hydroxylation is 1. The summed E-state index contributed by atoms with van der Waals surface area (Å²) in [6, 6.07) is 25.3. The number of oxime groups is 1.